The van der Waals surface area contributed by atoms with Crippen LogP contribution in [0.3, 0.4) is 0 Å². The van der Waals surface area contributed by atoms with Gasteiger partial charge in [0, 0.05) is 12.6 Å². The van der Waals surface area contributed by atoms with E-state index in [1.165, 1.54) is 10.7 Å². The highest BCUT2D eigenvalue weighted by Gasteiger charge is 2.04. The minimum atomic E-state index is -0.146. The lowest BCUT2D eigenvalue weighted by atomic mass is 10.1. The third kappa shape index (κ3) is 3.04. The van der Waals surface area contributed by atoms with Crippen molar-refractivity contribution in [3.63, 3.8) is 0 Å². The van der Waals surface area contributed by atoms with E-state index in [0.717, 1.165) is 23.4 Å². The Morgan fingerprint density at radius 3 is 2.80 bits per heavy atom. The van der Waals surface area contributed by atoms with Gasteiger partial charge in [0.1, 0.15) is 0 Å². The lowest BCUT2D eigenvalue weighted by molar-refractivity contribution is 0.637. The lowest BCUT2D eigenvalue weighted by Crippen LogP contribution is -2.23. The number of aromatic nitrogens is 2. The number of rotatable bonds is 4. The second-order valence-electron chi connectivity index (χ2n) is 4.52. The zero-order valence-electron chi connectivity index (χ0n) is 11.6. The molecule has 0 aliphatic heterocycles. The fourth-order valence-electron chi connectivity index (χ4n) is 1.96. The van der Waals surface area contributed by atoms with Crippen LogP contribution in [0.15, 0.2) is 35.3 Å². The summed E-state index contributed by atoms with van der Waals surface area (Å²) in [7, 11) is 0. The highest BCUT2D eigenvalue weighted by Crippen LogP contribution is 2.11. The number of benzene rings is 1. The number of nitriles is 1. The average Bonchev–Trinajstić information content (AvgIpc) is 2.44. The van der Waals surface area contributed by atoms with E-state index in [2.05, 4.69) is 16.5 Å². The van der Waals surface area contributed by atoms with E-state index in [0.29, 0.717) is 12.1 Å². The maximum absolute atomic E-state index is 12.0. The van der Waals surface area contributed by atoms with Crippen LogP contribution in [0.5, 0.6) is 0 Å². The van der Waals surface area contributed by atoms with Crippen molar-refractivity contribution in [2.45, 2.75) is 20.4 Å². The van der Waals surface area contributed by atoms with E-state index in [-0.39, 0.29) is 5.56 Å². The van der Waals surface area contributed by atoms with Crippen molar-refractivity contribution in [1.29, 1.82) is 5.26 Å². The first-order valence-corrected chi connectivity index (χ1v) is 6.44. The van der Waals surface area contributed by atoms with Crippen molar-refractivity contribution in [3.8, 4) is 6.07 Å². The molecule has 0 fully saturated rings. The molecule has 0 unspecified atom stereocenters. The van der Waals surface area contributed by atoms with Gasteiger partial charge >= 0.3 is 0 Å². The van der Waals surface area contributed by atoms with Gasteiger partial charge < -0.3 is 5.32 Å². The van der Waals surface area contributed by atoms with Gasteiger partial charge in [-0.15, -0.1) is 0 Å². The fourth-order valence-corrected chi connectivity index (χ4v) is 1.96. The maximum Gasteiger partial charge on any atom is 0.269 e. The van der Waals surface area contributed by atoms with Gasteiger partial charge in [-0.1, -0.05) is 6.07 Å². The Bertz CT molecular complexity index is 713. The van der Waals surface area contributed by atoms with Crippen molar-refractivity contribution < 1.29 is 0 Å². The molecule has 0 saturated carbocycles. The van der Waals surface area contributed by atoms with Crippen LogP contribution in [0.2, 0.25) is 0 Å². The molecule has 0 saturated heterocycles. The summed E-state index contributed by atoms with van der Waals surface area (Å²) in [6.45, 7) is 5.04. The fraction of sp³-hybridized carbons (Fsp3) is 0.267. The molecule has 0 atom stereocenters. The third-order valence-corrected chi connectivity index (χ3v) is 3.04. The molecule has 1 heterocycles. The van der Waals surface area contributed by atoms with Gasteiger partial charge in [-0.3, -0.25) is 4.79 Å². The van der Waals surface area contributed by atoms with E-state index in [1.54, 1.807) is 12.3 Å². The molecule has 0 radical (unpaired) electrons. The number of nitrogens with zero attached hydrogens (tertiary/aromatic N) is 3. The molecule has 1 aromatic heterocycles. The number of hydrogen-bond acceptors (Lipinski definition) is 4. The number of anilines is 1. The summed E-state index contributed by atoms with van der Waals surface area (Å²) in [4.78, 5) is 12.0. The SMILES string of the molecule is CCNc1cnn(Cc2ccc(C#N)cc2C)c(=O)c1. The second-order valence-corrected chi connectivity index (χ2v) is 4.52. The molecule has 1 N–H and O–H groups in total. The first kappa shape index (κ1) is 13.8. The van der Waals surface area contributed by atoms with Crippen molar-refractivity contribution >= 4 is 5.69 Å². The first-order valence-electron chi connectivity index (χ1n) is 6.44. The van der Waals surface area contributed by atoms with Crippen LogP contribution in [-0.2, 0) is 6.54 Å². The minimum Gasteiger partial charge on any atom is -0.384 e. The number of hydrogen-bond donors (Lipinski definition) is 1. The highest BCUT2D eigenvalue weighted by molar-refractivity contribution is 5.39. The highest BCUT2D eigenvalue weighted by atomic mass is 16.1. The van der Waals surface area contributed by atoms with E-state index in [4.69, 9.17) is 5.26 Å². The molecule has 0 spiro atoms. The predicted molar refractivity (Wildman–Crippen MR) is 77.7 cm³/mol. The summed E-state index contributed by atoms with van der Waals surface area (Å²) in [6.07, 6.45) is 1.64. The molecule has 2 rings (SSSR count). The largest absolute Gasteiger partial charge is 0.384 e. The van der Waals surface area contributed by atoms with Gasteiger partial charge in [0.05, 0.1) is 30.1 Å². The minimum absolute atomic E-state index is 0.146. The zero-order valence-corrected chi connectivity index (χ0v) is 11.6. The van der Waals surface area contributed by atoms with Crippen LogP contribution >= 0.6 is 0 Å². The summed E-state index contributed by atoms with van der Waals surface area (Å²) in [6, 6.07) is 9.06. The van der Waals surface area contributed by atoms with Crippen LogP contribution < -0.4 is 10.9 Å². The summed E-state index contributed by atoms with van der Waals surface area (Å²) >= 11 is 0. The van der Waals surface area contributed by atoms with Crippen LogP contribution in [-0.4, -0.2) is 16.3 Å². The van der Waals surface area contributed by atoms with E-state index in [1.807, 2.05) is 26.0 Å². The second kappa shape index (κ2) is 6.02. The normalized spacial score (nSPS) is 10.1. The lowest BCUT2D eigenvalue weighted by Gasteiger charge is -2.09. The molecule has 0 bridgehead atoms. The van der Waals surface area contributed by atoms with Crippen molar-refractivity contribution in [2.24, 2.45) is 0 Å². The van der Waals surface area contributed by atoms with Crippen LogP contribution in [0.1, 0.15) is 23.6 Å². The molecule has 2 aromatic rings. The summed E-state index contributed by atoms with van der Waals surface area (Å²) in [5.74, 6) is 0. The third-order valence-electron chi connectivity index (χ3n) is 3.04. The van der Waals surface area contributed by atoms with E-state index in [9.17, 15) is 4.79 Å². The van der Waals surface area contributed by atoms with Gasteiger partial charge in [0.25, 0.3) is 5.56 Å². The number of nitrogens with one attached hydrogen (secondary N) is 1. The molecule has 0 aliphatic carbocycles. The van der Waals surface area contributed by atoms with Crippen LogP contribution in [0, 0.1) is 18.3 Å². The van der Waals surface area contributed by atoms with Crippen LogP contribution in [0.4, 0.5) is 5.69 Å². The summed E-state index contributed by atoms with van der Waals surface area (Å²) in [5, 5.41) is 16.0. The maximum atomic E-state index is 12.0. The monoisotopic (exact) mass is 268 g/mol. The molecule has 5 nitrogen and oxygen atoms in total. The molecule has 5 heteroatoms. The van der Waals surface area contributed by atoms with Gasteiger partial charge in [-0.2, -0.15) is 10.4 Å². The smallest absolute Gasteiger partial charge is 0.269 e. The predicted octanol–water partition coefficient (Wildman–Crippen LogP) is 1.90. The molecule has 1 aromatic carbocycles. The van der Waals surface area contributed by atoms with E-state index >= 15 is 0 Å². The van der Waals surface area contributed by atoms with E-state index < -0.39 is 0 Å². The Labute approximate surface area is 117 Å². The summed E-state index contributed by atoms with van der Waals surface area (Å²) < 4.78 is 1.41. The Hall–Kier alpha value is -2.61. The van der Waals surface area contributed by atoms with Crippen LogP contribution in [0.25, 0.3) is 0 Å². The Morgan fingerprint density at radius 1 is 1.40 bits per heavy atom. The first-order chi connectivity index (χ1) is 9.63. The Balaban J connectivity index is 2.27. The average molecular weight is 268 g/mol. The Kier molecular flexibility index (Phi) is 4.16. The van der Waals surface area contributed by atoms with Gasteiger partial charge in [0.15, 0.2) is 0 Å². The van der Waals surface area contributed by atoms with Gasteiger partial charge in [-0.05, 0) is 37.1 Å². The molecular formula is C15H16N4O. The molecular weight excluding hydrogens is 252 g/mol. The van der Waals surface area contributed by atoms with Gasteiger partial charge in [-0.25, -0.2) is 4.68 Å². The van der Waals surface area contributed by atoms with Crippen molar-refractivity contribution in [3.05, 3.63) is 57.5 Å². The topological polar surface area (TPSA) is 70.7 Å². The molecule has 102 valence electrons. The standard InChI is InChI=1S/C15H16N4O/c1-3-17-14-7-15(20)19(18-9-14)10-13-5-4-12(8-16)6-11(13)2/h4-7,9,17H,3,10H2,1-2H3. The molecule has 0 aliphatic rings. The van der Waals surface area contributed by atoms with Crippen molar-refractivity contribution in [1.82, 2.24) is 9.78 Å². The Morgan fingerprint density at radius 2 is 2.20 bits per heavy atom. The number of aryl methyl sites for hydroxylation is 1. The van der Waals surface area contributed by atoms with Gasteiger partial charge in [0.2, 0.25) is 0 Å². The molecule has 0 amide bonds. The molecule has 20 heavy (non-hydrogen) atoms. The zero-order chi connectivity index (χ0) is 14.5. The van der Waals surface area contributed by atoms with Crippen molar-refractivity contribution in [2.75, 3.05) is 11.9 Å². The quantitative estimate of drug-likeness (QED) is 0.919. The summed E-state index contributed by atoms with van der Waals surface area (Å²) in [5.41, 5.74) is 3.16.